The predicted molar refractivity (Wildman–Crippen MR) is 549 cm³/mol. The van der Waals surface area contributed by atoms with Crippen molar-refractivity contribution < 1.29 is 4.39 Å². The average molecular weight is 1660 g/mol. The molecule has 0 N–H and O–H groups in total. The molecule has 1 nitrogen and oxygen atoms in total. The van der Waals surface area contributed by atoms with Gasteiger partial charge in [0.1, 0.15) is 5.82 Å². The third-order valence-electron chi connectivity index (χ3n) is 29.2. The van der Waals surface area contributed by atoms with E-state index in [0.717, 1.165) is 35.0 Å². The largest absolute Gasteiger partial charge is 0.256 e. The van der Waals surface area contributed by atoms with Crippen LogP contribution in [0.25, 0.3) is 209 Å². The van der Waals surface area contributed by atoms with E-state index < -0.39 is 0 Å². The van der Waals surface area contributed by atoms with Gasteiger partial charge in [-0.1, -0.05) is 418 Å². The first-order chi connectivity index (χ1) is 63.7. The van der Waals surface area contributed by atoms with Crippen molar-refractivity contribution in [1.82, 2.24) is 4.98 Å². The molecule has 26 rings (SSSR count). The highest BCUT2D eigenvalue weighted by Gasteiger charge is 2.41. The molecule has 616 valence electrons. The molecule has 130 heavy (non-hydrogen) atoms. The minimum Gasteiger partial charge on any atom is -0.256 e. The van der Waals surface area contributed by atoms with Crippen molar-refractivity contribution in [3.63, 3.8) is 0 Å². The van der Waals surface area contributed by atoms with Crippen molar-refractivity contribution in [3.8, 4) is 134 Å². The molecule has 0 spiro atoms. The number of hydrogen-bond donors (Lipinski definition) is 0. The summed E-state index contributed by atoms with van der Waals surface area (Å²) >= 11 is 0. The van der Waals surface area contributed by atoms with Crippen molar-refractivity contribution >= 4 is 75.4 Å². The number of halogens is 1. The highest BCUT2D eigenvalue weighted by molar-refractivity contribution is 6.28. The molecule has 22 aromatic rings. The summed E-state index contributed by atoms with van der Waals surface area (Å²) in [6.07, 6.45) is 4.16. The molecule has 0 fully saturated rings. The van der Waals surface area contributed by atoms with E-state index in [2.05, 4.69) is 430 Å². The van der Waals surface area contributed by atoms with E-state index in [4.69, 9.17) is 4.98 Å². The predicted octanol–water partition coefficient (Wildman–Crippen LogP) is 34.7. The second-order valence-corrected chi connectivity index (χ2v) is 37.3. The van der Waals surface area contributed by atoms with Gasteiger partial charge in [0.25, 0.3) is 0 Å². The molecule has 0 saturated carbocycles. The molecule has 0 saturated heterocycles. The first-order valence-electron chi connectivity index (χ1n) is 45.8. The Morgan fingerprint density at radius 1 is 0.192 bits per heavy atom. The SMILES string of the molecule is CC1(C)c2ccccc2-c2c(-c3c4ccccc4c(-c4ccc(F)cc4)c4ccc(-c5ccccc5)cc34)cccc21.CC1(C)c2ccccc2-c2c(-c3c4ccccc4c(-c4ccc5c6c(cccc46)CC5)c4ccc(-c5ccccc5)cc34)cccc21.CC1(C)c2ccccc2-c2c(-c3c4ccccc4c(-c4ccccn4)c4ccc(-c5ccccc5)cc34)cccc21. The molecule has 2 heteroatoms. The van der Waals surface area contributed by atoms with Crippen LogP contribution in [0, 0.1) is 5.82 Å². The van der Waals surface area contributed by atoms with E-state index >= 15 is 0 Å². The van der Waals surface area contributed by atoms with Gasteiger partial charge >= 0.3 is 0 Å². The number of aromatic nitrogens is 1. The van der Waals surface area contributed by atoms with Gasteiger partial charge in [-0.3, -0.25) is 4.98 Å². The van der Waals surface area contributed by atoms with Gasteiger partial charge in [-0.15, -0.1) is 0 Å². The summed E-state index contributed by atoms with van der Waals surface area (Å²) in [6, 6.07) is 152. The van der Waals surface area contributed by atoms with E-state index in [9.17, 15) is 4.39 Å². The molecule has 0 atom stereocenters. The Morgan fingerprint density at radius 2 is 0.492 bits per heavy atom. The van der Waals surface area contributed by atoms with Gasteiger partial charge in [-0.05, 0) is 298 Å². The highest BCUT2D eigenvalue weighted by atomic mass is 19.1. The fourth-order valence-electron chi connectivity index (χ4n) is 23.2. The van der Waals surface area contributed by atoms with Gasteiger partial charge in [-0.2, -0.15) is 0 Å². The average Bonchev–Trinajstić information content (AvgIpc) is 1.38. The number of rotatable bonds is 9. The Kier molecular flexibility index (Phi) is 18.4. The van der Waals surface area contributed by atoms with E-state index in [0.29, 0.717) is 0 Å². The maximum atomic E-state index is 14.1. The smallest absolute Gasteiger partial charge is 0.123 e. The molecule has 0 unspecified atom stereocenters. The number of hydrogen-bond acceptors (Lipinski definition) is 1. The molecular formula is C128H92FN. The maximum Gasteiger partial charge on any atom is 0.123 e. The van der Waals surface area contributed by atoms with Crippen LogP contribution in [-0.4, -0.2) is 4.98 Å². The summed E-state index contributed by atoms with van der Waals surface area (Å²) in [7, 11) is 0. The van der Waals surface area contributed by atoms with Crippen LogP contribution in [0.3, 0.4) is 0 Å². The lowest BCUT2D eigenvalue weighted by molar-refractivity contribution is 0.628. The van der Waals surface area contributed by atoms with Crippen molar-refractivity contribution in [3.05, 3.63) is 475 Å². The van der Waals surface area contributed by atoms with Crippen LogP contribution in [0.4, 0.5) is 4.39 Å². The van der Waals surface area contributed by atoms with Crippen LogP contribution in [-0.2, 0) is 29.1 Å². The van der Waals surface area contributed by atoms with E-state index in [1.165, 1.54) is 231 Å². The maximum absolute atomic E-state index is 14.1. The Hall–Kier alpha value is -15.5. The van der Waals surface area contributed by atoms with Crippen LogP contribution in [0.1, 0.15) is 86.1 Å². The molecule has 0 amide bonds. The van der Waals surface area contributed by atoms with Crippen molar-refractivity contribution in [2.24, 2.45) is 0 Å². The monoisotopic (exact) mass is 1660 g/mol. The summed E-state index contributed by atoms with van der Waals surface area (Å²) in [5, 5.41) is 17.7. The summed E-state index contributed by atoms with van der Waals surface area (Å²) in [5.74, 6) is -0.225. The highest BCUT2D eigenvalue weighted by Crippen LogP contribution is 2.60. The fraction of sp³-hybridized carbons (Fsp3) is 0.0859. The fourth-order valence-corrected chi connectivity index (χ4v) is 23.2. The molecular weight excluding hydrogens is 1570 g/mol. The van der Waals surface area contributed by atoms with Gasteiger partial charge < -0.3 is 0 Å². The lowest BCUT2D eigenvalue weighted by Gasteiger charge is -2.23. The molecule has 0 radical (unpaired) electrons. The van der Waals surface area contributed by atoms with Crippen molar-refractivity contribution in [2.75, 3.05) is 0 Å². The van der Waals surface area contributed by atoms with Crippen molar-refractivity contribution in [1.29, 1.82) is 0 Å². The second kappa shape index (κ2) is 30.7. The quantitative estimate of drug-likeness (QED) is 0.131. The van der Waals surface area contributed by atoms with Crippen LogP contribution < -0.4 is 0 Å². The van der Waals surface area contributed by atoms with Gasteiger partial charge in [0, 0.05) is 28.0 Å². The molecule has 21 aromatic carbocycles. The number of benzene rings is 21. The Labute approximate surface area is 758 Å². The molecule has 4 aliphatic carbocycles. The zero-order valence-electron chi connectivity index (χ0n) is 73.7. The molecule has 1 aromatic heterocycles. The normalized spacial score (nSPS) is 13.6. The van der Waals surface area contributed by atoms with E-state index in [1.54, 1.807) is 12.1 Å². The topological polar surface area (TPSA) is 12.9 Å². The third kappa shape index (κ3) is 12.3. The van der Waals surface area contributed by atoms with E-state index in [-0.39, 0.29) is 22.1 Å². The Bertz CT molecular complexity index is 8390. The van der Waals surface area contributed by atoms with Gasteiger partial charge in [-0.25, -0.2) is 4.39 Å². The van der Waals surface area contributed by atoms with Crippen LogP contribution in [0.5, 0.6) is 0 Å². The number of aryl methyl sites for hydroxylation is 2. The zero-order valence-corrected chi connectivity index (χ0v) is 73.7. The standard InChI is InChI=1S/C47H34.C41H29F.C40H29N/c1-47(2)41-20-9-8-17-38(41)46-39(19-11-21-42(46)47)45-35-16-7-6-15-34(35)44(36-26-24-31-23-22-30-14-10-18-33(36)43(30)31)37-27-25-32(28-40(37)45)29-12-4-3-5-13-29;1-41(2)36-17-9-8-15-33(36)40-34(16-10-18-37(40)41)39-31-14-7-6-13-30(31)38(27-19-22-29(42)23-20-27)32-24-21-28(25-35(32)39)26-11-4-3-5-12-26;1-40(2)34-19-9-8-17-31(34)38-32(18-12-20-35(38)40)37-28-15-6-7-16-29(28)39(36-21-10-11-24-41-36)30-23-22-27(25-33(30)37)26-13-4-3-5-14-26/h3-21,24-28H,22-23H2,1-2H3;3-25H,1-2H3;3-25H,1-2H3. The Balaban J connectivity index is 0.000000108. The summed E-state index contributed by atoms with van der Waals surface area (Å²) < 4.78 is 14.1. The number of pyridine rings is 1. The van der Waals surface area contributed by atoms with Gasteiger partial charge in [0.05, 0.1) is 5.69 Å². The zero-order chi connectivity index (χ0) is 87.3. The first kappa shape index (κ1) is 78.0. The van der Waals surface area contributed by atoms with Crippen LogP contribution in [0.2, 0.25) is 0 Å². The van der Waals surface area contributed by atoms with E-state index in [1.807, 2.05) is 24.4 Å². The molecule has 4 aliphatic rings. The van der Waals surface area contributed by atoms with Crippen molar-refractivity contribution in [2.45, 2.75) is 70.6 Å². The van der Waals surface area contributed by atoms with Crippen LogP contribution in [0.15, 0.2) is 425 Å². The summed E-state index contributed by atoms with van der Waals surface area (Å²) in [5.41, 5.74) is 41.2. The molecule has 0 aliphatic heterocycles. The van der Waals surface area contributed by atoms with Crippen LogP contribution >= 0.6 is 0 Å². The molecule has 1 heterocycles. The minimum absolute atomic E-state index is 0.0589. The molecule has 0 bridgehead atoms. The summed E-state index contributed by atoms with van der Waals surface area (Å²) in [6.45, 7) is 14.1. The summed E-state index contributed by atoms with van der Waals surface area (Å²) in [4.78, 5) is 4.84. The third-order valence-corrected chi connectivity index (χ3v) is 29.2. The Morgan fingerprint density at radius 3 is 0.900 bits per heavy atom. The van der Waals surface area contributed by atoms with Gasteiger partial charge in [0.15, 0.2) is 0 Å². The number of nitrogens with zero attached hydrogens (tertiary/aromatic N) is 1. The minimum atomic E-state index is -0.225. The first-order valence-corrected chi connectivity index (χ1v) is 45.8. The number of fused-ring (bicyclic) bond motifs is 15. The lowest BCUT2D eigenvalue weighted by atomic mass is 9.80. The second-order valence-electron chi connectivity index (χ2n) is 37.3. The van der Waals surface area contributed by atoms with Gasteiger partial charge in [0.2, 0.25) is 0 Å². The lowest BCUT2D eigenvalue weighted by Crippen LogP contribution is -2.14.